The van der Waals surface area contributed by atoms with E-state index in [0.717, 1.165) is 11.4 Å². The van der Waals surface area contributed by atoms with E-state index in [4.69, 9.17) is 18.0 Å². The van der Waals surface area contributed by atoms with Gasteiger partial charge in [-0.2, -0.15) is 11.8 Å². The van der Waals surface area contributed by atoms with Crippen molar-refractivity contribution in [2.24, 2.45) is 5.73 Å². The lowest BCUT2D eigenvalue weighted by Gasteiger charge is -2.25. The Bertz CT molecular complexity index is 389. The molecule has 1 atom stereocenters. The highest BCUT2D eigenvalue weighted by Crippen LogP contribution is 2.24. The van der Waals surface area contributed by atoms with Crippen molar-refractivity contribution in [3.63, 3.8) is 0 Å². The summed E-state index contributed by atoms with van der Waals surface area (Å²) in [5.74, 6) is 3.37. The molecule has 1 aromatic heterocycles. The van der Waals surface area contributed by atoms with Gasteiger partial charge in [0.2, 0.25) is 0 Å². The zero-order chi connectivity index (χ0) is 11.5. The summed E-state index contributed by atoms with van der Waals surface area (Å²) in [6, 6.07) is 4.40. The third-order valence-electron chi connectivity index (χ3n) is 2.84. The SMILES string of the molecule is CN(c1cc(C(N)=S)ccn1)C1CCSC1. The van der Waals surface area contributed by atoms with Crippen molar-refractivity contribution in [2.45, 2.75) is 12.5 Å². The van der Waals surface area contributed by atoms with Crippen LogP contribution in [0.3, 0.4) is 0 Å². The van der Waals surface area contributed by atoms with E-state index in [0.29, 0.717) is 11.0 Å². The molecule has 2 N–H and O–H groups in total. The van der Waals surface area contributed by atoms with Crippen LogP contribution in [0.15, 0.2) is 18.3 Å². The minimum Gasteiger partial charge on any atom is -0.389 e. The first-order valence-corrected chi connectivity index (χ1v) is 6.81. The lowest BCUT2D eigenvalue weighted by atomic mass is 10.2. The summed E-state index contributed by atoms with van der Waals surface area (Å²) in [6.45, 7) is 0. The summed E-state index contributed by atoms with van der Waals surface area (Å²) in [5.41, 5.74) is 6.50. The molecule has 1 fully saturated rings. The summed E-state index contributed by atoms with van der Waals surface area (Å²) >= 11 is 6.97. The third-order valence-corrected chi connectivity index (χ3v) is 4.23. The fourth-order valence-electron chi connectivity index (χ4n) is 1.78. The number of nitrogens with zero attached hydrogens (tertiary/aromatic N) is 2. The van der Waals surface area contributed by atoms with Gasteiger partial charge in [-0.3, -0.25) is 0 Å². The third kappa shape index (κ3) is 2.47. The predicted molar refractivity (Wildman–Crippen MR) is 74.3 cm³/mol. The summed E-state index contributed by atoms with van der Waals surface area (Å²) in [6.07, 6.45) is 2.99. The maximum absolute atomic E-state index is 5.62. The maximum atomic E-state index is 5.62. The smallest absolute Gasteiger partial charge is 0.129 e. The van der Waals surface area contributed by atoms with Gasteiger partial charge < -0.3 is 10.6 Å². The van der Waals surface area contributed by atoms with E-state index in [1.807, 2.05) is 23.9 Å². The van der Waals surface area contributed by atoms with Crippen LogP contribution in [-0.2, 0) is 0 Å². The Kier molecular flexibility index (Phi) is 3.66. The van der Waals surface area contributed by atoms with Crippen molar-refractivity contribution in [2.75, 3.05) is 23.5 Å². The molecule has 2 rings (SSSR count). The first-order valence-electron chi connectivity index (χ1n) is 5.25. The molecule has 0 aliphatic carbocycles. The van der Waals surface area contributed by atoms with Gasteiger partial charge in [0.25, 0.3) is 0 Å². The Morgan fingerprint density at radius 1 is 1.69 bits per heavy atom. The lowest BCUT2D eigenvalue weighted by molar-refractivity contribution is 0.692. The average Bonchev–Trinajstić information content (AvgIpc) is 2.81. The number of rotatable bonds is 3. The van der Waals surface area contributed by atoms with Gasteiger partial charge in [0.05, 0.1) is 0 Å². The monoisotopic (exact) mass is 253 g/mol. The van der Waals surface area contributed by atoms with Crippen molar-refractivity contribution in [1.29, 1.82) is 0 Å². The molecule has 16 heavy (non-hydrogen) atoms. The van der Waals surface area contributed by atoms with Gasteiger partial charge in [-0.25, -0.2) is 4.98 Å². The summed E-state index contributed by atoms with van der Waals surface area (Å²) in [5, 5.41) is 0. The maximum Gasteiger partial charge on any atom is 0.129 e. The fraction of sp³-hybridized carbons (Fsp3) is 0.455. The molecule has 0 radical (unpaired) electrons. The van der Waals surface area contributed by atoms with E-state index in [-0.39, 0.29) is 0 Å². The van der Waals surface area contributed by atoms with Gasteiger partial charge in [0, 0.05) is 30.6 Å². The molecule has 2 heterocycles. The number of thioether (sulfide) groups is 1. The minimum atomic E-state index is 0.429. The lowest BCUT2D eigenvalue weighted by Crippen LogP contribution is -2.32. The highest BCUT2D eigenvalue weighted by molar-refractivity contribution is 7.99. The molecule has 0 bridgehead atoms. The number of thiocarbonyl (C=S) groups is 1. The van der Waals surface area contributed by atoms with Crippen LogP contribution in [0, 0.1) is 0 Å². The molecule has 0 amide bonds. The molecular formula is C11H15N3S2. The van der Waals surface area contributed by atoms with Gasteiger partial charge >= 0.3 is 0 Å². The van der Waals surface area contributed by atoms with Crippen LogP contribution in [-0.4, -0.2) is 34.6 Å². The first kappa shape index (κ1) is 11.7. The molecule has 1 aromatic rings. The summed E-state index contributed by atoms with van der Waals surface area (Å²) in [7, 11) is 2.09. The summed E-state index contributed by atoms with van der Waals surface area (Å²) in [4.78, 5) is 7.02. The molecule has 3 nitrogen and oxygen atoms in total. The van der Waals surface area contributed by atoms with E-state index < -0.39 is 0 Å². The largest absolute Gasteiger partial charge is 0.389 e. The Morgan fingerprint density at radius 2 is 2.50 bits per heavy atom. The van der Waals surface area contributed by atoms with Gasteiger partial charge in [0.15, 0.2) is 0 Å². The van der Waals surface area contributed by atoms with E-state index in [9.17, 15) is 0 Å². The topological polar surface area (TPSA) is 42.1 Å². The number of nitrogens with two attached hydrogens (primary N) is 1. The van der Waals surface area contributed by atoms with Gasteiger partial charge in [0.1, 0.15) is 10.8 Å². The van der Waals surface area contributed by atoms with Gasteiger partial charge in [-0.1, -0.05) is 12.2 Å². The number of aromatic nitrogens is 1. The van der Waals surface area contributed by atoms with Crippen LogP contribution in [0.5, 0.6) is 0 Å². The van der Waals surface area contributed by atoms with Crippen molar-refractivity contribution in [3.8, 4) is 0 Å². The molecule has 1 unspecified atom stereocenters. The molecule has 0 spiro atoms. The van der Waals surface area contributed by atoms with E-state index in [1.165, 1.54) is 17.9 Å². The Balaban J connectivity index is 2.18. The number of hydrogen-bond donors (Lipinski definition) is 1. The number of hydrogen-bond acceptors (Lipinski definition) is 4. The summed E-state index contributed by atoms with van der Waals surface area (Å²) < 4.78 is 0. The first-order chi connectivity index (χ1) is 7.68. The van der Waals surface area contributed by atoms with Gasteiger partial charge in [-0.05, 0) is 24.3 Å². The van der Waals surface area contributed by atoms with Gasteiger partial charge in [-0.15, -0.1) is 0 Å². The second-order valence-corrected chi connectivity index (χ2v) is 5.48. The van der Waals surface area contributed by atoms with Crippen LogP contribution < -0.4 is 10.6 Å². The van der Waals surface area contributed by atoms with Crippen LogP contribution in [0.1, 0.15) is 12.0 Å². The molecule has 0 saturated carbocycles. The van der Waals surface area contributed by atoms with E-state index in [1.54, 1.807) is 6.20 Å². The normalized spacial score (nSPS) is 19.7. The molecule has 5 heteroatoms. The molecular weight excluding hydrogens is 238 g/mol. The van der Waals surface area contributed by atoms with Crippen molar-refractivity contribution < 1.29 is 0 Å². The predicted octanol–water partition coefficient (Wildman–Crippen LogP) is 1.66. The second-order valence-electron chi connectivity index (χ2n) is 3.90. The standard InChI is InChI=1S/C11H15N3S2/c1-14(9-3-5-16-7-9)10-6-8(11(12)15)2-4-13-10/h2,4,6,9H,3,5,7H2,1H3,(H2,12,15). The van der Waals surface area contributed by atoms with Crippen molar-refractivity contribution in [1.82, 2.24) is 4.98 Å². The number of pyridine rings is 1. The second kappa shape index (κ2) is 5.01. The Hall–Kier alpha value is -0.810. The van der Waals surface area contributed by atoms with Crippen LogP contribution in [0.4, 0.5) is 5.82 Å². The zero-order valence-corrected chi connectivity index (χ0v) is 10.9. The van der Waals surface area contributed by atoms with E-state index >= 15 is 0 Å². The molecule has 1 saturated heterocycles. The fourth-order valence-corrected chi connectivity index (χ4v) is 3.17. The van der Waals surface area contributed by atoms with Crippen molar-refractivity contribution >= 4 is 34.8 Å². The highest BCUT2D eigenvalue weighted by Gasteiger charge is 2.21. The van der Waals surface area contributed by atoms with Crippen LogP contribution >= 0.6 is 24.0 Å². The van der Waals surface area contributed by atoms with Crippen LogP contribution in [0.25, 0.3) is 0 Å². The highest BCUT2D eigenvalue weighted by atomic mass is 32.2. The molecule has 0 aromatic carbocycles. The Morgan fingerprint density at radius 3 is 3.12 bits per heavy atom. The van der Waals surface area contributed by atoms with E-state index in [2.05, 4.69) is 16.9 Å². The number of anilines is 1. The molecule has 1 aliphatic rings. The average molecular weight is 253 g/mol. The molecule has 1 aliphatic heterocycles. The zero-order valence-electron chi connectivity index (χ0n) is 9.22. The van der Waals surface area contributed by atoms with Crippen molar-refractivity contribution in [3.05, 3.63) is 23.9 Å². The minimum absolute atomic E-state index is 0.429. The quantitative estimate of drug-likeness (QED) is 0.830. The molecule has 86 valence electrons. The van der Waals surface area contributed by atoms with Crippen LogP contribution in [0.2, 0.25) is 0 Å². The Labute approximate surface area is 105 Å².